The number of hydrogen-bond acceptors (Lipinski definition) is 5. The molecule has 4 aliphatic rings. The number of hydrogen-bond donors (Lipinski definition) is 1. The number of rotatable bonds is 6. The Morgan fingerprint density at radius 3 is 2.25 bits per heavy atom. The summed E-state index contributed by atoms with van der Waals surface area (Å²) in [6.07, 6.45) is 7.62. The molecule has 154 valence electrons. The normalized spacial score (nSPS) is 30.9. The standard InChI is InChI=1S/C20H26ClNO5S/c1-26-18-9-19(17(21)8-15(18)20(23)22-28(2,24)25)27-10-16-13-4-11-3-12(6-13)7-14(16)5-11/h8-9,11-14,16H,3-7,10H2,1-2H3,(H,22,23). The van der Waals surface area contributed by atoms with Gasteiger partial charge in [0.2, 0.25) is 10.0 Å². The summed E-state index contributed by atoms with van der Waals surface area (Å²) in [4.78, 5) is 12.2. The summed E-state index contributed by atoms with van der Waals surface area (Å²) < 4.78 is 35.9. The molecule has 4 fully saturated rings. The largest absolute Gasteiger partial charge is 0.496 e. The first-order valence-corrected chi connectivity index (χ1v) is 12.0. The maximum atomic E-state index is 12.2. The quantitative estimate of drug-likeness (QED) is 0.751. The molecule has 0 saturated heterocycles. The predicted octanol–water partition coefficient (Wildman–Crippen LogP) is 3.49. The second-order valence-electron chi connectivity index (χ2n) is 8.59. The van der Waals surface area contributed by atoms with Gasteiger partial charge in [0.1, 0.15) is 11.5 Å². The zero-order chi connectivity index (χ0) is 20.1. The number of ether oxygens (including phenoxy) is 2. The van der Waals surface area contributed by atoms with Gasteiger partial charge in [-0.2, -0.15) is 0 Å². The molecule has 0 spiro atoms. The third kappa shape index (κ3) is 3.96. The van der Waals surface area contributed by atoms with E-state index in [1.165, 1.54) is 45.3 Å². The molecule has 6 nitrogen and oxygen atoms in total. The Morgan fingerprint density at radius 1 is 1.11 bits per heavy atom. The highest BCUT2D eigenvalue weighted by Gasteiger charge is 2.48. The van der Waals surface area contributed by atoms with Crippen LogP contribution in [0, 0.1) is 29.6 Å². The number of methoxy groups -OCH3 is 1. The van der Waals surface area contributed by atoms with Crippen molar-refractivity contribution >= 4 is 27.5 Å². The summed E-state index contributed by atoms with van der Waals surface area (Å²) in [5.74, 6) is 3.78. The first kappa shape index (κ1) is 19.8. The van der Waals surface area contributed by atoms with Crippen LogP contribution in [0.1, 0.15) is 42.5 Å². The predicted molar refractivity (Wildman–Crippen MR) is 106 cm³/mol. The fourth-order valence-electron chi connectivity index (χ4n) is 5.71. The maximum Gasteiger partial charge on any atom is 0.268 e. The molecule has 28 heavy (non-hydrogen) atoms. The minimum atomic E-state index is -3.68. The summed E-state index contributed by atoms with van der Waals surface area (Å²) in [7, 11) is -2.26. The van der Waals surface area contributed by atoms with Crippen LogP contribution in [0.5, 0.6) is 11.5 Å². The van der Waals surface area contributed by atoms with Gasteiger partial charge in [-0.15, -0.1) is 0 Å². The van der Waals surface area contributed by atoms with E-state index in [1.807, 2.05) is 4.72 Å². The molecule has 1 N–H and O–H groups in total. The number of benzene rings is 1. The van der Waals surface area contributed by atoms with Gasteiger partial charge in [0.05, 0.1) is 30.6 Å². The van der Waals surface area contributed by atoms with Crippen molar-refractivity contribution in [2.75, 3.05) is 20.0 Å². The number of carbonyl (C=O) groups is 1. The first-order chi connectivity index (χ1) is 13.2. The lowest BCUT2D eigenvalue weighted by atomic mass is 9.52. The third-order valence-corrected chi connectivity index (χ3v) is 7.48. The van der Waals surface area contributed by atoms with Crippen molar-refractivity contribution in [3.05, 3.63) is 22.7 Å². The van der Waals surface area contributed by atoms with Crippen LogP contribution in [-0.4, -0.2) is 34.3 Å². The van der Waals surface area contributed by atoms with Gasteiger partial charge in [0.25, 0.3) is 5.91 Å². The smallest absolute Gasteiger partial charge is 0.268 e. The van der Waals surface area contributed by atoms with Gasteiger partial charge in [-0.3, -0.25) is 4.79 Å². The molecule has 0 heterocycles. The van der Waals surface area contributed by atoms with Crippen molar-refractivity contribution in [2.24, 2.45) is 29.6 Å². The monoisotopic (exact) mass is 427 g/mol. The number of carbonyl (C=O) groups excluding carboxylic acids is 1. The number of amides is 1. The molecule has 1 aromatic rings. The highest BCUT2D eigenvalue weighted by molar-refractivity contribution is 7.89. The first-order valence-electron chi connectivity index (χ1n) is 9.76. The van der Waals surface area contributed by atoms with Crippen molar-refractivity contribution in [2.45, 2.75) is 32.1 Å². The summed E-state index contributed by atoms with van der Waals surface area (Å²) in [5, 5.41) is 0.267. The number of nitrogens with one attached hydrogen (secondary N) is 1. The maximum absolute atomic E-state index is 12.2. The van der Waals surface area contributed by atoms with Gasteiger partial charge in [0, 0.05) is 6.07 Å². The van der Waals surface area contributed by atoms with Crippen LogP contribution in [0.15, 0.2) is 12.1 Å². The van der Waals surface area contributed by atoms with Crippen LogP contribution < -0.4 is 14.2 Å². The Balaban J connectivity index is 1.49. The van der Waals surface area contributed by atoms with Crippen LogP contribution in [0.4, 0.5) is 0 Å². The topological polar surface area (TPSA) is 81.7 Å². The Labute approximate surface area is 171 Å². The van der Waals surface area contributed by atoms with E-state index in [0.717, 1.165) is 29.9 Å². The lowest BCUT2D eigenvalue weighted by Crippen LogP contribution is -2.47. The molecule has 0 unspecified atom stereocenters. The Kier molecular flexibility index (Phi) is 5.25. The van der Waals surface area contributed by atoms with E-state index in [2.05, 4.69) is 0 Å². The minimum Gasteiger partial charge on any atom is -0.496 e. The van der Waals surface area contributed by atoms with Crippen LogP contribution in [-0.2, 0) is 10.0 Å². The number of halogens is 1. The van der Waals surface area contributed by atoms with E-state index < -0.39 is 15.9 Å². The van der Waals surface area contributed by atoms with Crippen molar-refractivity contribution in [3.63, 3.8) is 0 Å². The van der Waals surface area contributed by atoms with Gasteiger partial charge in [0.15, 0.2) is 0 Å². The molecule has 5 rings (SSSR count). The van der Waals surface area contributed by atoms with E-state index in [1.54, 1.807) is 6.07 Å². The Bertz CT molecular complexity index is 857. The SMILES string of the molecule is COc1cc(OCC2C3CC4CC(C3)CC2C4)c(Cl)cc1C(=O)NS(C)(=O)=O. The zero-order valence-corrected chi connectivity index (χ0v) is 17.7. The van der Waals surface area contributed by atoms with Crippen molar-refractivity contribution in [1.29, 1.82) is 0 Å². The lowest BCUT2D eigenvalue weighted by Gasteiger charge is -2.54. The summed E-state index contributed by atoms with van der Waals surface area (Å²) in [6, 6.07) is 2.96. The summed E-state index contributed by atoms with van der Waals surface area (Å²) in [5.41, 5.74) is 0.0555. The molecule has 1 amide bonds. The van der Waals surface area contributed by atoms with Crippen LogP contribution in [0.2, 0.25) is 5.02 Å². The molecule has 0 aliphatic heterocycles. The summed E-state index contributed by atoms with van der Waals surface area (Å²) in [6.45, 7) is 0.618. The second kappa shape index (κ2) is 7.41. The average molecular weight is 428 g/mol. The van der Waals surface area contributed by atoms with Crippen LogP contribution in [0.25, 0.3) is 0 Å². The Hall–Kier alpha value is -1.47. The minimum absolute atomic E-state index is 0.0555. The Morgan fingerprint density at radius 2 is 1.71 bits per heavy atom. The van der Waals surface area contributed by atoms with E-state index in [-0.39, 0.29) is 16.3 Å². The third-order valence-electron chi connectivity index (χ3n) is 6.63. The van der Waals surface area contributed by atoms with Gasteiger partial charge >= 0.3 is 0 Å². The molecule has 0 aromatic heterocycles. The van der Waals surface area contributed by atoms with Crippen LogP contribution >= 0.6 is 11.6 Å². The molecule has 0 atom stereocenters. The van der Waals surface area contributed by atoms with Crippen molar-refractivity contribution < 1.29 is 22.7 Å². The molecule has 1 aromatic carbocycles. The van der Waals surface area contributed by atoms with Gasteiger partial charge in [-0.1, -0.05) is 11.6 Å². The fourth-order valence-corrected chi connectivity index (χ4v) is 6.38. The highest BCUT2D eigenvalue weighted by atomic mass is 35.5. The lowest BCUT2D eigenvalue weighted by molar-refractivity contribution is -0.0529. The van der Waals surface area contributed by atoms with E-state index in [4.69, 9.17) is 21.1 Å². The van der Waals surface area contributed by atoms with Gasteiger partial charge in [-0.25, -0.2) is 13.1 Å². The molecule has 0 radical (unpaired) electrons. The molecule has 8 heteroatoms. The molecular formula is C20H26ClNO5S. The molecule has 4 aliphatic carbocycles. The average Bonchev–Trinajstić information content (AvgIpc) is 2.59. The van der Waals surface area contributed by atoms with Gasteiger partial charge in [-0.05, 0) is 67.8 Å². The number of sulfonamides is 1. The molecule has 4 saturated carbocycles. The fraction of sp³-hybridized carbons (Fsp3) is 0.650. The molecule has 4 bridgehead atoms. The highest BCUT2D eigenvalue weighted by Crippen LogP contribution is 2.56. The van der Waals surface area contributed by atoms with Gasteiger partial charge < -0.3 is 9.47 Å². The summed E-state index contributed by atoms with van der Waals surface area (Å²) >= 11 is 6.33. The molecular weight excluding hydrogens is 402 g/mol. The van der Waals surface area contributed by atoms with Crippen molar-refractivity contribution in [1.82, 2.24) is 4.72 Å². The van der Waals surface area contributed by atoms with E-state index in [0.29, 0.717) is 18.3 Å². The second-order valence-corrected chi connectivity index (χ2v) is 10.7. The van der Waals surface area contributed by atoms with Crippen molar-refractivity contribution in [3.8, 4) is 11.5 Å². The zero-order valence-electron chi connectivity index (χ0n) is 16.1. The van der Waals surface area contributed by atoms with E-state index >= 15 is 0 Å². The van der Waals surface area contributed by atoms with Crippen LogP contribution in [0.3, 0.4) is 0 Å². The van der Waals surface area contributed by atoms with E-state index in [9.17, 15) is 13.2 Å².